The highest BCUT2D eigenvalue weighted by Gasteiger charge is 2.32. The molecule has 7 nitrogen and oxygen atoms in total. The molecule has 1 fully saturated rings. The third-order valence-electron chi connectivity index (χ3n) is 6.44. The van der Waals surface area contributed by atoms with Gasteiger partial charge in [-0.1, -0.05) is 24.6 Å². The molecule has 34 heavy (non-hydrogen) atoms. The van der Waals surface area contributed by atoms with Gasteiger partial charge < -0.3 is 20.3 Å². The number of carbonyl (C=O) groups is 3. The number of nitrogens with one attached hydrogen (secondary N) is 2. The minimum atomic E-state index is -0.540. The van der Waals surface area contributed by atoms with Gasteiger partial charge in [-0.15, -0.1) is 0 Å². The number of piperidine rings is 1. The predicted molar refractivity (Wildman–Crippen MR) is 134 cm³/mol. The number of amides is 3. The third kappa shape index (κ3) is 6.32. The Balaban J connectivity index is 1.72. The van der Waals surface area contributed by atoms with Gasteiger partial charge >= 0.3 is 6.09 Å². The zero-order chi connectivity index (χ0) is 25.2. The topological polar surface area (TPSA) is 87.7 Å². The van der Waals surface area contributed by atoms with Crippen LogP contribution in [0, 0.1) is 18.8 Å². The summed E-state index contributed by atoms with van der Waals surface area (Å²) in [6.07, 6.45) is 3.18. The fourth-order valence-electron chi connectivity index (χ4n) is 4.64. The maximum absolute atomic E-state index is 13.1. The van der Waals surface area contributed by atoms with E-state index in [1.54, 1.807) is 11.0 Å². The molecule has 0 bridgehead atoms. The van der Waals surface area contributed by atoms with E-state index in [0.29, 0.717) is 30.1 Å². The first kappa shape index (κ1) is 26.1. The van der Waals surface area contributed by atoms with Crippen molar-refractivity contribution >= 4 is 35.1 Å². The lowest BCUT2D eigenvalue weighted by Crippen LogP contribution is -2.50. The average molecular weight is 490 g/mol. The van der Waals surface area contributed by atoms with E-state index in [4.69, 9.17) is 16.3 Å². The van der Waals surface area contributed by atoms with Gasteiger partial charge in [-0.05, 0) is 82.2 Å². The SMILES string of the molecule is Cc1c(C(=O)NC[C@@H]2C(=O)NC(C)CC2C)cc(Cl)cc1C1=CCN(C(=O)OC(C)(C)C)CC1. The van der Waals surface area contributed by atoms with Crippen molar-refractivity contribution in [2.24, 2.45) is 11.8 Å². The van der Waals surface area contributed by atoms with E-state index in [-0.39, 0.29) is 42.3 Å². The molecule has 0 aromatic heterocycles. The predicted octanol–water partition coefficient (Wildman–Crippen LogP) is 4.56. The summed E-state index contributed by atoms with van der Waals surface area (Å²) in [7, 11) is 0. The molecular weight excluding hydrogens is 454 g/mol. The second kappa shape index (κ2) is 10.4. The quantitative estimate of drug-likeness (QED) is 0.648. The lowest BCUT2D eigenvalue weighted by atomic mass is 9.84. The summed E-state index contributed by atoms with van der Waals surface area (Å²) in [6, 6.07) is 3.68. The van der Waals surface area contributed by atoms with Crippen LogP contribution in [0.3, 0.4) is 0 Å². The number of hydrogen-bond acceptors (Lipinski definition) is 4. The van der Waals surface area contributed by atoms with Crippen molar-refractivity contribution in [1.29, 1.82) is 0 Å². The minimum absolute atomic E-state index is 0.0167. The van der Waals surface area contributed by atoms with E-state index in [9.17, 15) is 14.4 Å². The normalized spacial score (nSPS) is 23.1. The second-order valence-corrected chi connectivity index (χ2v) is 10.9. The van der Waals surface area contributed by atoms with E-state index in [1.807, 2.05) is 53.7 Å². The summed E-state index contributed by atoms with van der Waals surface area (Å²) in [5.41, 5.74) is 2.73. The number of benzene rings is 1. The molecule has 1 aromatic carbocycles. The monoisotopic (exact) mass is 489 g/mol. The Kier molecular flexibility index (Phi) is 7.96. The van der Waals surface area contributed by atoms with Gasteiger partial charge in [0.25, 0.3) is 5.91 Å². The first-order valence-electron chi connectivity index (χ1n) is 11.9. The van der Waals surface area contributed by atoms with Crippen LogP contribution in [0.4, 0.5) is 4.79 Å². The maximum Gasteiger partial charge on any atom is 0.410 e. The van der Waals surface area contributed by atoms with Crippen LogP contribution in [-0.2, 0) is 9.53 Å². The van der Waals surface area contributed by atoms with Crippen molar-refractivity contribution in [2.45, 2.75) is 66.0 Å². The molecule has 8 heteroatoms. The molecular formula is C26H36ClN3O4. The molecule has 0 saturated carbocycles. The fraction of sp³-hybridized carbons (Fsp3) is 0.577. The highest BCUT2D eigenvalue weighted by atomic mass is 35.5. The molecule has 1 saturated heterocycles. The van der Waals surface area contributed by atoms with Crippen LogP contribution in [0.15, 0.2) is 18.2 Å². The van der Waals surface area contributed by atoms with Crippen LogP contribution >= 0.6 is 11.6 Å². The summed E-state index contributed by atoms with van der Waals surface area (Å²) < 4.78 is 5.46. The maximum atomic E-state index is 13.1. The number of rotatable bonds is 4. The van der Waals surface area contributed by atoms with Gasteiger partial charge in [0.15, 0.2) is 0 Å². The molecule has 0 spiro atoms. The smallest absolute Gasteiger partial charge is 0.410 e. The van der Waals surface area contributed by atoms with Gasteiger partial charge in [0, 0.05) is 36.3 Å². The van der Waals surface area contributed by atoms with E-state index in [0.717, 1.165) is 23.1 Å². The van der Waals surface area contributed by atoms with Crippen LogP contribution in [0.1, 0.15) is 68.9 Å². The highest BCUT2D eigenvalue weighted by molar-refractivity contribution is 6.31. The first-order valence-corrected chi connectivity index (χ1v) is 12.3. The largest absolute Gasteiger partial charge is 0.444 e. The number of nitrogens with zero attached hydrogens (tertiary/aromatic N) is 1. The highest BCUT2D eigenvalue weighted by Crippen LogP contribution is 2.31. The zero-order valence-corrected chi connectivity index (χ0v) is 21.7. The van der Waals surface area contributed by atoms with Crippen molar-refractivity contribution in [2.75, 3.05) is 19.6 Å². The van der Waals surface area contributed by atoms with Gasteiger partial charge in [0.2, 0.25) is 5.91 Å². The van der Waals surface area contributed by atoms with E-state index >= 15 is 0 Å². The lowest BCUT2D eigenvalue weighted by molar-refractivity contribution is -0.129. The molecule has 0 radical (unpaired) electrons. The lowest BCUT2D eigenvalue weighted by Gasteiger charge is -2.32. The number of hydrogen-bond donors (Lipinski definition) is 2. The third-order valence-corrected chi connectivity index (χ3v) is 6.66. The molecule has 186 valence electrons. The Hall–Kier alpha value is -2.54. The molecule has 2 aliphatic rings. The van der Waals surface area contributed by atoms with Crippen molar-refractivity contribution in [3.8, 4) is 0 Å². The van der Waals surface area contributed by atoms with Crippen LogP contribution in [0.25, 0.3) is 5.57 Å². The van der Waals surface area contributed by atoms with Crippen molar-refractivity contribution in [1.82, 2.24) is 15.5 Å². The van der Waals surface area contributed by atoms with Crippen LogP contribution in [-0.4, -0.2) is 54.1 Å². The average Bonchev–Trinajstić information content (AvgIpc) is 2.73. The Labute approximate surface area is 207 Å². The Morgan fingerprint density at radius 1 is 1.26 bits per heavy atom. The molecule has 2 N–H and O–H groups in total. The van der Waals surface area contributed by atoms with Gasteiger partial charge in [-0.3, -0.25) is 9.59 Å². The first-order chi connectivity index (χ1) is 15.9. The number of carbonyl (C=O) groups excluding carboxylic acids is 3. The Morgan fingerprint density at radius 2 is 1.97 bits per heavy atom. The molecule has 3 atom stereocenters. The van der Waals surface area contributed by atoms with Crippen LogP contribution in [0.5, 0.6) is 0 Å². The number of ether oxygens (including phenoxy) is 1. The molecule has 2 aliphatic heterocycles. The summed E-state index contributed by atoms with van der Waals surface area (Å²) >= 11 is 6.39. The summed E-state index contributed by atoms with van der Waals surface area (Å²) in [5, 5.41) is 6.37. The standard InChI is InChI=1S/C26H36ClN3O4/c1-15-11-16(2)29-24(32)22(15)14-28-23(31)21-13-19(27)12-20(17(21)3)18-7-9-30(10-8-18)25(33)34-26(4,5)6/h7,12-13,15-16,22H,8-11,14H2,1-6H3,(H,28,31)(H,29,32)/t15?,16?,22-/m0/s1. The van der Waals surface area contributed by atoms with Crippen molar-refractivity contribution < 1.29 is 19.1 Å². The van der Waals surface area contributed by atoms with Crippen molar-refractivity contribution in [3.63, 3.8) is 0 Å². The van der Waals surface area contributed by atoms with Gasteiger partial charge in [-0.25, -0.2) is 4.79 Å². The van der Waals surface area contributed by atoms with E-state index in [2.05, 4.69) is 10.6 Å². The Morgan fingerprint density at radius 3 is 2.56 bits per heavy atom. The van der Waals surface area contributed by atoms with Gasteiger partial charge in [-0.2, -0.15) is 0 Å². The summed E-state index contributed by atoms with van der Waals surface area (Å²) in [6.45, 7) is 12.7. The zero-order valence-electron chi connectivity index (χ0n) is 21.0. The summed E-state index contributed by atoms with van der Waals surface area (Å²) in [5.74, 6) is -0.317. The molecule has 0 aliphatic carbocycles. The molecule has 1 aromatic rings. The van der Waals surface area contributed by atoms with Gasteiger partial charge in [0.05, 0.1) is 5.92 Å². The summed E-state index contributed by atoms with van der Waals surface area (Å²) in [4.78, 5) is 39.5. The number of halogens is 1. The molecule has 2 heterocycles. The minimum Gasteiger partial charge on any atom is -0.444 e. The fourth-order valence-corrected chi connectivity index (χ4v) is 4.85. The van der Waals surface area contributed by atoms with Crippen LogP contribution < -0.4 is 10.6 Å². The van der Waals surface area contributed by atoms with Crippen molar-refractivity contribution in [3.05, 3.63) is 39.9 Å². The molecule has 3 rings (SSSR count). The molecule has 2 unspecified atom stereocenters. The Bertz CT molecular complexity index is 998. The van der Waals surface area contributed by atoms with Gasteiger partial charge in [0.1, 0.15) is 5.60 Å². The van der Waals surface area contributed by atoms with E-state index < -0.39 is 5.60 Å². The molecule has 3 amide bonds. The van der Waals surface area contributed by atoms with Crippen LogP contribution in [0.2, 0.25) is 5.02 Å². The second-order valence-electron chi connectivity index (χ2n) is 10.5. The van der Waals surface area contributed by atoms with E-state index in [1.165, 1.54) is 0 Å².